The maximum atomic E-state index is 9.49. The van der Waals surface area contributed by atoms with E-state index in [1.54, 1.807) is 0 Å². The number of aryl methyl sites for hydroxylation is 3. The van der Waals surface area contributed by atoms with Gasteiger partial charge in [0.1, 0.15) is 5.54 Å². The first kappa shape index (κ1) is 15.3. The van der Waals surface area contributed by atoms with Gasteiger partial charge in [-0.3, -0.25) is 4.68 Å². The lowest BCUT2D eigenvalue weighted by Gasteiger charge is -2.22. The molecule has 1 aromatic heterocycles. The van der Waals surface area contributed by atoms with Crippen LogP contribution in [0.5, 0.6) is 0 Å². The summed E-state index contributed by atoms with van der Waals surface area (Å²) in [5.74, 6) is 0. The normalized spacial score (nSPS) is 13.6. The summed E-state index contributed by atoms with van der Waals surface area (Å²) >= 11 is 0. The molecule has 0 aliphatic carbocycles. The molecule has 0 bridgehead atoms. The summed E-state index contributed by atoms with van der Waals surface area (Å²) in [6, 6.07) is 14.0. The molecular formula is C17H22N4. The fourth-order valence-electron chi connectivity index (χ4n) is 2.45. The number of nitrogens with two attached hydrogens (primary N) is 1. The highest BCUT2D eigenvalue weighted by atomic mass is 15.3. The van der Waals surface area contributed by atoms with Crippen LogP contribution in [0.2, 0.25) is 0 Å². The lowest BCUT2D eigenvalue weighted by molar-refractivity contribution is 0.442. The fraction of sp³-hybridized carbons (Fsp3) is 0.412. The molecular weight excluding hydrogens is 260 g/mol. The van der Waals surface area contributed by atoms with E-state index in [-0.39, 0.29) is 0 Å². The maximum absolute atomic E-state index is 9.49. The number of rotatable bonds is 6. The molecule has 0 radical (unpaired) electrons. The van der Waals surface area contributed by atoms with Crippen LogP contribution in [0.25, 0.3) is 0 Å². The Bertz CT molecular complexity index is 624. The van der Waals surface area contributed by atoms with Gasteiger partial charge in [0.2, 0.25) is 0 Å². The van der Waals surface area contributed by atoms with Gasteiger partial charge in [0.15, 0.2) is 0 Å². The number of benzene rings is 1. The second-order valence-corrected chi connectivity index (χ2v) is 5.26. The molecule has 21 heavy (non-hydrogen) atoms. The van der Waals surface area contributed by atoms with Gasteiger partial charge in [-0.1, -0.05) is 44.2 Å². The van der Waals surface area contributed by atoms with Crippen molar-refractivity contribution in [2.75, 3.05) is 0 Å². The molecule has 0 spiro atoms. The van der Waals surface area contributed by atoms with Crippen molar-refractivity contribution in [3.05, 3.63) is 53.3 Å². The first-order chi connectivity index (χ1) is 10.1. The SMILES string of the molecule is CCc1cc(CC)n(CCC(N)(C#N)c2ccccc2)n1. The van der Waals surface area contributed by atoms with E-state index in [0.717, 1.165) is 24.1 Å². The largest absolute Gasteiger partial charge is 0.310 e. The number of nitriles is 1. The highest BCUT2D eigenvalue weighted by Crippen LogP contribution is 2.22. The first-order valence-corrected chi connectivity index (χ1v) is 7.44. The monoisotopic (exact) mass is 282 g/mol. The van der Waals surface area contributed by atoms with E-state index in [9.17, 15) is 5.26 Å². The van der Waals surface area contributed by atoms with Crippen molar-refractivity contribution in [1.29, 1.82) is 5.26 Å². The molecule has 1 atom stereocenters. The summed E-state index contributed by atoms with van der Waals surface area (Å²) < 4.78 is 1.99. The van der Waals surface area contributed by atoms with Crippen molar-refractivity contribution in [3.63, 3.8) is 0 Å². The van der Waals surface area contributed by atoms with Gasteiger partial charge in [0.05, 0.1) is 11.8 Å². The van der Waals surface area contributed by atoms with Gasteiger partial charge < -0.3 is 5.73 Å². The fourth-order valence-corrected chi connectivity index (χ4v) is 2.45. The number of hydrogen-bond donors (Lipinski definition) is 1. The smallest absolute Gasteiger partial charge is 0.131 e. The Labute approximate surface area is 126 Å². The Morgan fingerprint density at radius 2 is 1.95 bits per heavy atom. The Kier molecular flexibility index (Phi) is 4.77. The van der Waals surface area contributed by atoms with Crippen LogP contribution in [0.4, 0.5) is 0 Å². The quantitative estimate of drug-likeness (QED) is 0.885. The zero-order chi connectivity index (χ0) is 15.3. The molecule has 0 fully saturated rings. The summed E-state index contributed by atoms with van der Waals surface area (Å²) in [6.45, 7) is 4.87. The topological polar surface area (TPSA) is 67.6 Å². The van der Waals surface area contributed by atoms with Crippen LogP contribution >= 0.6 is 0 Å². The number of aromatic nitrogens is 2. The second-order valence-electron chi connectivity index (χ2n) is 5.26. The van der Waals surface area contributed by atoms with E-state index in [0.29, 0.717) is 13.0 Å². The molecule has 4 heteroatoms. The van der Waals surface area contributed by atoms with Gasteiger partial charge in [0, 0.05) is 18.7 Å². The second kappa shape index (κ2) is 6.55. The standard InChI is InChI=1S/C17H22N4/c1-3-15-12-16(4-2)21(20-15)11-10-17(19,13-18)14-8-6-5-7-9-14/h5-9,12H,3-4,10-11,19H2,1-2H3. The van der Waals surface area contributed by atoms with E-state index < -0.39 is 5.54 Å². The molecule has 0 aliphatic heterocycles. The third kappa shape index (κ3) is 3.32. The van der Waals surface area contributed by atoms with Gasteiger partial charge in [0.25, 0.3) is 0 Å². The van der Waals surface area contributed by atoms with Crippen LogP contribution in [0, 0.1) is 11.3 Å². The van der Waals surface area contributed by atoms with E-state index in [1.165, 1.54) is 5.69 Å². The third-order valence-electron chi connectivity index (χ3n) is 3.84. The summed E-state index contributed by atoms with van der Waals surface area (Å²) in [5, 5.41) is 14.1. The molecule has 0 saturated heterocycles. The minimum Gasteiger partial charge on any atom is -0.310 e. The van der Waals surface area contributed by atoms with Crippen LogP contribution in [0.15, 0.2) is 36.4 Å². The van der Waals surface area contributed by atoms with E-state index in [4.69, 9.17) is 5.73 Å². The molecule has 1 aromatic carbocycles. The zero-order valence-electron chi connectivity index (χ0n) is 12.7. The Hall–Kier alpha value is -2.12. The first-order valence-electron chi connectivity index (χ1n) is 7.44. The van der Waals surface area contributed by atoms with Crippen LogP contribution in [0.3, 0.4) is 0 Å². The van der Waals surface area contributed by atoms with E-state index >= 15 is 0 Å². The number of nitrogens with zero attached hydrogens (tertiary/aromatic N) is 3. The molecule has 2 aromatic rings. The third-order valence-corrected chi connectivity index (χ3v) is 3.84. The summed E-state index contributed by atoms with van der Waals surface area (Å²) in [4.78, 5) is 0. The van der Waals surface area contributed by atoms with E-state index in [2.05, 4.69) is 31.1 Å². The van der Waals surface area contributed by atoms with Crippen LogP contribution in [-0.4, -0.2) is 9.78 Å². The van der Waals surface area contributed by atoms with Crippen molar-refractivity contribution >= 4 is 0 Å². The van der Waals surface area contributed by atoms with Crippen molar-refractivity contribution in [1.82, 2.24) is 9.78 Å². The van der Waals surface area contributed by atoms with Gasteiger partial charge in [-0.25, -0.2) is 0 Å². The summed E-state index contributed by atoms with van der Waals surface area (Å²) in [6.07, 6.45) is 2.40. The maximum Gasteiger partial charge on any atom is 0.131 e. The predicted molar refractivity (Wildman–Crippen MR) is 83.5 cm³/mol. The molecule has 2 N–H and O–H groups in total. The molecule has 1 heterocycles. The van der Waals surface area contributed by atoms with Gasteiger partial charge in [-0.2, -0.15) is 10.4 Å². The molecule has 2 rings (SSSR count). The summed E-state index contributed by atoms with van der Waals surface area (Å²) in [5.41, 5.74) is 8.47. The molecule has 4 nitrogen and oxygen atoms in total. The average molecular weight is 282 g/mol. The van der Waals surface area contributed by atoms with Crippen LogP contribution in [0.1, 0.15) is 37.2 Å². The zero-order valence-corrected chi connectivity index (χ0v) is 12.7. The molecule has 1 unspecified atom stereocenters. The molecule has 0 amide bonds. The Morgan fingerprint density at radius 1 is 1.24 bits per heavy atom. The van der Waals surface area contributed by atoms with Crippen molar-refractivity contribution in [2.45, 2.75) is 45.2 Å². The molecule has 0 aliphatic rings. The average Bonchev–Trinajstić information content (AvgIpc) is 2.96. The Morgan fingerprint density at radius 3 is 2.52 bits per heavy atom. The predicted octanol–water partition coefficient (Wildman–Crippen LogP) is 2.78. The summed E-state index contributed by atoms with van der Waals surface area (Å²) in [7, 11) is 0. The van der Waals surface area contributed by atoms with Crippen LogP contribution in [-0.2, 0) is 24.9 Å². The highest BCUT2D eigenvalue weighted by molar-refractivity contribution is 5.30. The minimum absolute atomic E-state index is 0.547. The van der Waals surface area contributed by atoms with Crippen molar-refractivity contribution < 1.29 is 0 Å². The van der Waals surface area contributed by atoms with Gasteiger partial charge in [-0.05, 0) is 24.5 Å². The molecule has 0 saturated carbocycles. The van der Waals surface area contributed by atoms with Gasteiger partial charge in [-0.15, -0.1) is 0 Å². The van der Waals surface area contributed by atoms with E-state index in [1.807, 2.05) is 35.0 Å². The van der Waals surface area contributed by atoms with Gasteiger partial charge >= 0.3 is 0 Å². The Balaban J connectivity index is 2.18. The van der Waals surface area contributed by atoms with Crippen molar-refractivity contribution in [2.24, 2.45) is 5.73 Å². The molecule has 110 valence electrons. The van der Waals surface area contributed by atoms with Crippen molar-refractivity contribution in [3.8, 4) is 6.07 Å². The lowest BCUT2D eigenvalue weighted by atomic mass is 9.89. The minimum atomic E-state index is -0.968. The lowest BCUT2D eigenvalue weighted by Crippen LogP contribution is -2.36. The number of hydrogen-bond acceptors (Lipinski definition) is 3. The highest BCUT2D eigenvalue weighted by Gasteiger charge is 2.27. The van der Waals surface area contributed by atoms with Crippen LogP contribution < -0.4 is 5.73 Å².